The number of carbonyl (C=O) groups excluding carboxylic acids is 1. The van der Waals surface area contributed by atoms with Crippen LogP contribution in [-0.4, -0.2) is 41.9 Å². The lowest BCUT2D eigenvalue weighted by Gasteiger charge is -2.36. The maximum absolute atomic E-state index is 14.0. The lowest BCUT2D eigenvalue weighted by Crippen LogP contribution is -2.47. The molecule has 0 spiro atoms. The third-order valence-electron chi connectivity index (χ3n) is 4.98. The van der Waals surface area contributed by atoms with E-state index >= 15 is 0 Å². The molecule has 0 saturated carbocycles. The lowest BCUT2D eigenvalue weighted by molar-refractivity contribution is 0.101. The van der Waals surface area contributed by atoms with Gasteiger partial charge < -0.3 is 9.80 Å². The zero-order valence-corrected chi connectivity index (χ0v) is 15.7. The highest BCUT2D eigenvalue weighted by Gasteiger charge is 2.20. The van der Waals surface area contributed by atoms with Crippen molar-refractivity contribution in [2.24, 2.45) is 0 Å². The predicted molar refractivity (Wildman–Crippen MR) is 108 cm³/mol. The van der Waals surface area contributed by atoms with Crippen LogP contribution < -0.4 is 9.80 Å². The van der Waals surface area contributed by atoms with Crippen molar-refractivity contribution in [2.45, 2.75) is 6.92 Å². The van der Waals surface area contributed by atoms with Crippen molar-refractivity contribution in [1.29, 1.82) is 0 Å². The molecule has 1 fully saturated rings. The van der Waals surface area contributed by atoms with E-state index in [2.05, 4.69) is 14.8 Å². The number of piperazine rings is 1. The molecule has 0 radical (unpaired) electrons. The Morgan fingerprint density at radius 1 is 0.964 bits per heavy atom. The Hall–Kier alpha value is -3.28. The molecule has 2 aromatic carbocycles. The molecule has 6 heteroatoms. The van der Waals surface area contributed by atoms with Crippen molar-refractivity contribution in [2.75, 3.05) is 36.0 Å². The summed E-state index contributed by atoms with van der Waals surface area (Å²) in [7, 11) is 0. The van der Waals surface area contributed by atoms with Crippen LogP contribution in [0.1, 0.15) is 17.3 Å². The average molecular weight is 376 g/mol. The molecule has 4 rings (SSSR count). The Balaban J connectivity index is 1.51. The second kappa shape index (κ2) is 7.76. The molecular formula is C22H21FN4O. The molecule has 28 heavy (non-hydrogen) atoms. The second-order valence-electron chi connectivity index (χ2n) is 6.83. The summed E-state index contributed by atoms with van der Waals surface area (Å²) in [6.45, 7) is 4.45. The number of hydrogen-bond donors (Lipinski definition) is 0. The van der Waals surface area contributed by atoms with Gasteiger partial charge in [0, 0.05) is 37.3 Å². The molecule has 1 saturated heterocycles. The van der Waals surface area contributed by atoms with Crippen molar-refractivity contribution >= 4 is 17.3 Å². The molecule has 0 N–H and O–H groups in total. The highest BCUT2D eigenvalue weighted by molar-refractivity contribution is 5.95. The first-order valence-corrected chi connectivity index (χ1v) is 9.29. The van der Waals surface area contributed by atoms with E-state index in [0.29, 0.717) is 24.3 Å². The van der Waals surface area contributed by atoms with Crippen molar-refractivity contribution in [3.63, 3.8) is 0 Å². The lowest BCUT2D eigenvalue weighted by atomic mass is 10.1. The number of para-hydroxylation sites is 1. The van der Waals surface area contributed by atoms with Crippen molar-refractivity contribution < 1.29 is 9.18 Å². The zero-order chi connectivity index (χ0) is 19.5. The van der Waals surface area contributed by atoms with Gasteiger partial charge in [-0.2, -0.15) is 0 Å². The van der Waals surface area contributed by atoms with Gasteiger partial charge in [0.05, 0.1) is 23.8 Å². The normalized spacial score (nSPS) is 14.2. The first-order valence-electron chi connectivity index (χ1n) is 9.29. The van der Waals surface area contributed by atoms with Gasteiger partial charge in [-0.25, -0.2) is 9.37 Å². The van der Waals surface area contributed by atoms with Gasteiger partial charge in [0.15, 0.2) is 5.78 Å². The van der Waals surface area contributed by atoms with Crippen LogP contribution in [0.15, 0.2) is 60.9 Å². The Morgan fingerprint density at radius 2 is 1.71 bits per heavy atom. The van der Waals surface area contributed by atoms with Crippen LogP contribution in [0.3, 0.4) is 0 Å². The molecule has 2 heterocycles. The smallest absolute Gasteiger partial charge is 0.159 e. The molecule has 1 aliphatic rings. The Morgan fingerprint density at radius 3 is 2.46 bits per heavy atom. The van der Waals surface area contributed by atoms with Gasteiger partial charge in [0.25, 0.3) is 0 Å². The second-order valence-corrected chi connectivity index (χ2v) is 6.83. The maximum atomic E-state index is 14.0. The highest BCUT2D eigenvalue weighted by Crippen LogP contribution is 2.24. The molecule has 0 bridgehead atoms. The van der Waals surface area contributed by atoms with E-state index in [0.717, 1.165) is 30.2 Å². The first kappa shape index (κ1) is 18.1. The van der Waals surface area contributed by atoms with Crippen molar-refractivity contribution in [3.8, 4) is 11.3 Å². The van der Waals surface area contributed by atoms with Gasteiger partial charge in [-0.15, -0.1) is 0 Å². The fourth-order valence-corrected chi connectivity index (χ4v) is 3.43. The van der Waals surface area contributed by atoms with Crippen LogP contribution in [0.25, 0.3) is 11.3 Å². The topological polar surface area (TPSA) is 49.3 Å². The minimum atomic E-state index is -0.192. The SMILES string of the molecule is CC(=O)c1cccc(-c2cncc(N3CCN(c4ccccc4F)CC3)n2)c1. The van der Waals surface area contributed by atoms with Crippen LogP contribution in [0, 0.1) is 5.82 Å². The number of benzene rings is 2. The number of halogens is 1. The monoisotopic (exact) mass is 376 g/mol. The number of Topliss-reactive ketones (excluding diaryl/α,β-unsaturated/α-hetero) is 1. The summed E-state index contributed by atoms with van der Waals surface area (Å²) in [5, 5.41) is 0. The number of rotatable bonds is 4. The number of anilines is 2. The standard InChI is InChI=1S/C22H21FN4O/c1-16(28)17-5-4-6-18(13-17)20-14-24-15-22(25-20)27-11-9-26(10-12-27)21-8-3-2-7-19(21)23/h2-8,13-15H,9-12H2,1H3. The Labute approximate surface area is 163 Å². The first-order chi connectivity index (χ1) is 13.6. The van der Waals surface area contributed by atoms with Gasteiger partial charge in [-0.1, -0.05) is 30.3 Å². The van der Waals surface area contributed by atoms with E-state index in [1.807, 2.05) is 30.3 Å². The number of aromatic nitrogens is 2. The fourth-order valence-electron chi connectivity index (χ4n) is 3.43. The van der Waals surface area contributed by atoms with Gasteiger partial charge >= 0.3 is 0 Å². The molecule has 0 unspecified atom stereocenters. The Bertz CT molecular complexity index is 999. The van der Waals surface area contributed by atoms with E-state index < -0.39 is 0 Å². The van der Waals surface area contributed by atoms with Crippen molar-refractivity contribution in [3.05, 3.63) is 72.3 Å². The minimum absolute atomic E-state index is 0.0234. The number of nitrogens with zero attached hydrogens (tertiary/aromatic N) is 4. The summed E-state index contributed by atoms with van der Waals surface area (Å²) >= 11 is 0. The molecule has 5 nitrogen and oxygen atoms in total. The van der Waals surface area contributed by atoms with Crippen LogP contribution >= 0.6 is 0 Å². The minimum Gasteiger partial charge on any atom is -0.366 e. The summed E-state index contributed by atoms with van der Waals surface area (Å²) in [5.41, 5.74) is 2.90. The van der Waals surface area contributed by atoms with E-state index in [1.54, 1.807) is 31.5 Å². The molecule has 0 amide bonds. The van der Waals surface area contributed by atoms with Crippen LogP contribution in [0.4, 0.5) is 15.9 Å². The summed E-state index contributed by atoms with van der Waals surface area (Å²) in [5.74, 6) is 0.622. The van der Waals surface area contributed by atoms with Crippen molar-refractivity contribution in [1.82, 2.24) is 9.97 Å². The summed E-state index contributed by atoms with van der Waals surface area (Å²) < 4.78 is 14.0. The number of hydrogen-bond acceptors (Lipinski definition) is 5. The quantitative estimate of drug-likeness (QED) is 0.648. The Kier molecular flexibility index (Phi) is 5.02. The molecule has 0 atom stereocenters. The largest absolute Gasteiger partial charge is 0.366 e. The van der Waals surface area contributed by atoms with Gasteiger partial charge in [0.2, 0.25) is 0 Å². The average Bonchev–Trinajstić information content (AvgIpc) is 2.74. The molecular weight excluding hydrogens is 355 g/mol. The van der Waals surface area contributed by atoms with E-state index in [1.165, 1.54) is 6.07 Å². The fraction of sp³-hybridized carbons (Fsp3) is 0.227. The molecule has 0 aliphatic carbocycles. The van der Waals surface area contributed by atoms with Crippen LogP contribution in [0.5, 0.6) is 0 Å². The maximum Gasteiger partial charge on any atom is 0.159 e. The highest BCUT2D eigenvalue weighted by atomic mass is 19.1. The molecule has 1 aromatic heterocycles. The van der Waals surface area contributed by atoms with Gasteiger partial charge in [-0.3, -0.25) is 9.78 Å². The summed E-state index contributed by atoms with van der Waals surface area (Å²) in [6, 6.07) is 14.3. The van der Waals surface area contributed by atoms with E-state index in [-0.39, 0.29) is 11.6 Å². The van der Waals surface area contributed by atoms with E-state index in [4.69, 9.17) is 4.98 Å². The molecule has 3 aromatic rings. The van der Waals surface area contributed by atoms with Crippen LogP contribution in [0.2, 0.25) is 0 Å². The van der Waals surface area contributed by atoms with E-state index in [9.17, 15) is 9.18 Å². The van der Waals surface area contributed by atoms with Gasteiger partial charge in [-0.05, 0) is 25.1 Å². The summed E-state index contributed by atoms with van der Waals surface area (Å²) in [6.07, 6.45) is 3.45. The number of carbonyl (C=O) groups is 1. The van der Waals surface area contributed by atoms with Crippen LogP contribution in [-0.2, 0) is 0 Å². The zero-order valence-electron chi connectivity index (χ0n) is 15.7. The predicted octanol–water partition coefficient (Wildman–Crippen LogP) is 3.81. The third kappa shape index (κ3) is 3.71. The number of ketones is 1. The third-order valence-corrected chi connectivity index (χ3v) is 4.98. The molecule has 1 aliphatic heterocycles. The molecule has 142 valence electrons. The van der Waals surface area contributed by atoms with Gasteiger partial charge in [0.1, 0.15) is 11.6 Å². The summed E-state index contributed by atoms with van der Waals surface area (Å²) in [4.78, 5) is 24.9.